The number of hydrogen-bond acceptors (Lipinski definition) is 3. The zero-order valence-corrected chi connectivity index (χ0v) is 11.1. The highest BCUT2D eigenvalue weighted by Crippen LogP contribution is 2.36. The van der Waals surface area contributed by atoms with Gasteiger partial charge in [0.2, 0.25) is 10.0 Å². The maximum Gasteiger partial charge on any atom is 0.240 e. The van der Waals surface area contributed by atoms with Crippen molar-refractivity contribution in [3.8, 4) is 6.07 Å². The Hall–Kier alpha value is -1.38. The zero-order valence-electron chi connectivity index (χ0n) is 10.3. The largest absolute Gasteiger partial charge is 0.240 e. The Kier molecular flexibility index (Phi) is 3.69. The van der Waals surface area contributed by atoms with Crippen LogP contribution < -0.4 is 4.72 Å². The lowest BCUT2D eigenvalue weighted by Crippen LogP contribution is -2.29. The van der Waals surface area contributed by atoms with E-state index in [1.807, 2.05) is 6.07 Å². The molecule has 4 nitrogen and oxygen atoms in total. The molecule has 0 spiro atoms. The Morgan fingerprint density at radius 1 is 1.50 bits per heavy atom. The van der Waals surface area contributed by atoms with Crippen LogP contribution in [0.2, 0.25) is 0 Å². The van der Waals surface area contributed by atoms with Gasteiger partial charge in [-0.05, 0) is 42.9 Å². The Labute approximate surface area is 108 Å². The van der Waals surface area contributed by atoms with Crippen molar-refractivity contribution in [2.24, 2.45) is 11.8 Å². The van der Waals surface area contributed by atoms with Crippen LogP contribution in [-0.4, -0.2) is 15.0 Å². The topological polar surface area (TPSA) is 70.0 Å². The van der Waals surface area contributed by atoms with Gasteiger partial charge in [0.05, 0.1) is 16.5 Å². The molecule has 1 aromatic rings. The summed E-state index contributed by atoms with van der Waals surface area (Å²) < 4.78 is 26.7. The molecule has 0 amide bonds. The maximum atomic E-state index is 12.0. The Balaban J connectivity index is 2.07. The van der Waals surface area contributed by atoms with Crippen LogP contribution in [0, 0.1) is 23.2 Å². The first-order valence-electron chi connectivity index (χ1n) is 6.03. The summed E-state index contributed by atoms with van der Waals surface area (Å²) >= 11 is 0. The van der Waals surface area contributed by atoms with Crippen molar-refractivity contribution in [1.82, 2.24) is 4.72 Å². The first-order valence-corrected chi connectivity index (χ1v) is 7.51. The third-order valence-electron chi connectivity index (χ3n) is 3.30. The third kappa shape index (κ3) is 3.09. The van der Waals surface area contributed by atoms with Crippen molar-refractivity contribution in [2.75, 3.05) is 6.54 Å². The molecule has 2 rings (SSSR count). The molecular formula is C13H16N2O2S. The number of hydrogen-bond donors (Lipinski definition) is 1. The SMILES string of the molecule is CC(CNS(=O)(=O)c1cccc(C#N)c1)C1CC1. The van der Waals surface area contributed by atoms with E-state index < -0.39 is 10.0 Å². The molecule has 0 saturated heterocycles. The number of nitrogens with zero attached hydrogens (tertiary/aromatic N) is 1. The van der Waals surface area contributed by atoms with Crippen molar-refractivity contribution < 1.29 is 8.42 Å². The van der Waals surface area contributed by atoms with Gasteiger partial charge >= 0.3 is 0 Å². The van der Waals surface area contributed by atoms with Crippen LogP contribution in [0.3, 0.4) is 0 Å². The summed E-state index contributed by atoms with van der Waals surface area (Å²) in [6.07, 6.45) is 2.40. The van der Waals surface area contributed by atoms with E-state index in [1.54, 1.807) is 12.1 Å². The molecule has 1 aromatic carbocycles. The van der Waals surface area contributed by atoms with Crippen LogP contribution in [0.4, 0.5) is 0 Å². The quantitative estimate of drug-likeness (QED) is 0.882. The molecule has 96 valence electrons. The van der Waals surface area contributed by atoms with Crippen LogP contribution >= 0.6 is 0 Å². The maximum absolute atomic E-state index is 12.0. The van der Waals surface area contributed by atoms with Gasteiger partial charge in [0.15, 0.2) is 0 Å². The minimum absolute atomic E-state index is 0.157. The number of nitrogens with one attached hydrogen (secondary N) is 1. The Morgan fingerprint density at radius 2 is 2.22 bits per heavy atom. The molecule has 1 saturated carbocycles. The highest BCUT2D eigenvalue weighted by Gasteiger charge is 2.28. The lowest BCUT2D eigenvalue weighted by Gasteiger charge is -2.12. The standard InChI is InChI=1S/C13H16N2O2S/c1-10(12-5-6-12)9-15-18(16,17)13-4-2-3-11(7-13)8-14/h2-4,7,10,12,15H,5-6,9H2,1H3. The smallest absolute Gasteiger partial charge is 0.211 e. The van der Waals surface area contributed by atoms with Crippen LogP contribution in [0.5, 0.6) is 0 Å². The van der Waals surface area contributed by atoms with Crippen molar-refractivity contribution in [1.29, 1.82) is 5.26 Å². The second kappa shape index (κ2) is 5.09. The molecule has 1 unspecified atom stereocenters. The normalized spacial score (nSPS) is 17.1. The molecule has 0 heterocycles. The first-order chi connectivity index (χ1) is 8.53. The Morgan fingerprint density at radius 3 is 2.83 bits per heavy atom. The average Bonchev–Trinajstić information content (AvgIpc) is 3.20. The molecule has 0 aliphatic heterocycles. The van der Waals surface area contributed by atoms with Gasteiger partial charge in [-0.15, -0.1) is 0 Å². The van der Waals surface area contributed by atoms with Crippen LogP contribution in [0.15, 0.2) is 29.2 Å². The zero-order chi connectivity index (χ0) is 13.2. The summed E-state index contributed by atoms with van der Waals surface area (Å²) in [7, 11) is -3.49. The van der Waals surface area contributed by atoms with Crippen LogP contribution in [0.1, 0.15) is 25.3 Å². The molecule has 0 radical (unpaired) electrons. The predicted octanol–water partition coefficient (Wildman–Crippen LogP) is 1.88. The van der Waals surface area contributed by atoms with E-state index in [4.69, 9.17) is 5.26 Å². The molecule has 5 heteroatoms. The molecule has 1 aliphatic carbocycles. The molecule has 0 aromatic heterocycles. The van der Waals surface area contributed by atoms with E-state index in [9.17, 15) is 8.42 Å². The van der Waals surface area contributed by atoms with E-state index in [1.165, 1.54) is 25.0 Å². The van der Waals surface area contributed by atoms with Gasteiger partial charge in [0, 0.05) is 6.54 Å². The van der Waals surface area contributed by atoms with Gasteiger partial charge in [0.25, 0.3) is 0 Å². The average molecular weight is 264 g/mol. The third-order valence-corrected chi connectivity index (χ3v) is 4.72. The minimum Gasteiger partial charge on any atom is -0.211 e. The lowest BCUT2D eigenvalue weighted by atomic mass is 10.1. The number of sulfonamides is 1. The van der Waals surface area contributed by atoms with Crippen molar-refractivity contribution >= 4 is 10.0 Å². The summed E-state index contributed by atoms with van der Waals surface area (Å²) in [5, 5.41) is 8.76. The predicted molar refractivity (Wildman–Crippen MR) is 68.2 cm³/mol. The molecule has 18 heavy (non-hydrogen) atoms. The minimum atomic E-state index is -3.49. The summed E-state index contributed by atoms with van der Waals surface area (Å²) in [5.41, 5.74) is 0.355. The van der Waals surface area contributed by atoms with Crippen molar-refractivity contribution in [3.05, 3.63) is 29.8 Å². The second-order valence-electron chi connectivity index (χ2n) is 4.81. The fourth-order valence-corrected chi connectivity index (χ4v) is 3.08. The Bertz CT molecular complexity index is 571. The monoisotopic (exact) mass is 264 g/mol. The molecule has 1 N–H and O–H groups in total. The fraction of sp³-hybridized carbons (Fsp3) is 0.462. The van der Waals surface area contributed by atoms with E-state index >= 15 is 0 Å². The van der Waals surface area contributed by atoms with Gasteiger partial charge in [-0.3, -0.25) is 0 Å². The molecule has 1 aliphatic rings. The summed E-state index contributed by atoms with van der Waals surface area (Å²) in [6, 6.07) is 8.01. The van der Waals surface area contributed by atoms with Gasteiger partial charge < -0.3 is 0 Å². The highest BCUT2D eigenvalue weighted by molar-refractivity contribution is 7.89. The molecule has 1 fully saturated rings. The fourth-order valence-electron chi connectivity index (χ4n) is 1.89. The number of benzene rings is 1. The number of nitriles is 1. The molecular weight excluding hydrogens is 248 g/mol. The van der Waals surface area contributed by atoms with E-state index in [0.29, 0.717) is 23.9 Å². The van der Waals surface area contributed by atoms with Gasteiger partial charge in [-0.1, -0.05) is 13.0 Å². The second-order valence-corrected chi connectivity index (χ2v) is 6.57. The van der Waals surface area contributed by atoms with Crippen LogP contribution in [0.25, 0.3) is 0 Å². The molecule has 0 bridgehead atoms. The van der Waals surface area contributed by atoms with Crippen molar-refractivity contribution in [2.45, 2.75) is 24.7 Å². The first kappa shape index (κ1) is 13.1. The summed E-state index contributed by atoms with van der Waals surface area (Å²) in [5.74, 6) is 1.04. The lowest BCUT2D eigenvalue weighted by molar-refractivity contribution is 0.492. The summed E-state index contributed by atoms with van der Waals surface area (Å²) in [6.45, 7) is 2.52. The van der Waals surface area contributed by atoms with Crippen LogP contribution in [-0.2, 0) is 10.0 Å². The summed E-state index contributed by atoms with van der Waals surface area (Å²) in [4.78, 5) is 0.157. The molecule has 1 atom stereocenters. The van der Waals surface area contributed by atoms with Gasteiger partial charge in [0.1, 0.15) is 0 Å². The number of rotatable bonds is 5. The van der Waals surface area contributed by atoms with E-state index in [2.05, 4.69) is 11.6 Å². The van der Waals surface area contributed by atoms with E-state index in [0.717, 1.165) is 0 Å². The van der Waals surface area contributed by atoms with E-state index in [-0.39, 0.29) is 4.90 Å². The van der Waals surface area contributed by atoms with Gasteiger partial charge in [-0.2, -0.15) is 5.26 Å². The van der Waals surface area contributed by atoms with Gasteiger partial charge in [-0.25, -0.2) is 13.1 Å². The van der Waals surface area contributed by atoms with Crippen molar-refractivity contribution in [3.63, 3.8) is 0 Å². The highest BCUT2D eigenvalue weighted by atomic mass is 32.2.